The summed E-state index contributed by atoms with van der Waals surface area (Å²) in [5.74, 6) is 0.261. The van der Waals surface area contributed by atoms with E-state index in [1.54, 1.807) is 0 Å². The zero-order valence-electron chi connectivity index (χ0n) is 13.7. The predicted molar refractivity (Wildman–Crippen MR) is 88.4 cm³/mol. The van der Waals surface area contributed by atoms with Gasteiger partial charge in [-0.3, -0.25) is 9.69 Å². The summed E-state index contributed by atoms with van der Waals surface area (Å²) in [4.78, 5) is 17.1. The van der Waals surface area contributed by atoms with E-state index in [0.717, 1.165) is 39.0 Å². The van der Waals surface area contributed by atoms with Crippen LogP contribution in [0.25, 0.3) is 0 Å². The zero-order valence-corrected chi connectivity index (χ0v) is 13.7. The third-order valence-corrected chi connectivity index (χ3v) is 5.43. The van der Waals surface area contributed by atoms with Gasteiger partial charge in [-0.2, -0.15) is 0 Å². The number of likely N-dealkylation sites (tertiary alicyclic amines) is 1. The lowest BCUT2D eigenvalue weighted by atomic mass is 9.90. The first-order valence-corrected chi connectivity index (χ1v) is 8.32. The average molecular weight is 301 g/mol. The molecule has 120 valence electrons. The number of nitrogens with two attached hydrogens (primary N) is 1. The van der Waals surface area contributed by atoms with Gasteiger partial charge in [0.15, 0.2) is 0 Å². The van der Waals surface area contributed by atoms with Crippen LogP contribution in [0.1, 0.15) is 31.4 Å². The normalized spacial score (nSPS) is 26.8. The highest BCUT2D eigenvalue weighted by atomic mass is 16.2. The maximum Gasteiger partial charge on any atom is 0.239 e. The molecule has 22 heavy (non-hydrogen) atoms. The van der Waals surface area contributed by atoms with E-state index < -0.39 is 0 Å². The summed E-state index contributed by atoms with van der Waals surface area (Å²) in [5, 5.41) is 0. The highest BCUT2D eigenvalue weighted by Crippen LogP contribution is 2.29. The first-order chi connectivity index (χ1) is 10.5. The Hall–Kier alpha value is -1.39. The number of hydrogen-bond acceptors (Lipinski definition) is 3. The van der Waals surface area contributed by atoms with Gasteiger partial charge in [0, 0.05) is 26.2 Å². The van der Waals surface area contributed by atoms with E-state index in [1.807, 2.05) is 11.8 Å². The molecule has 2 atom stereocenters. The fourth-order valence-corrected chi connectivity index (χ4v) is 3.65. The second-order valence-corrected chi connectivity index (χ2v) is 7.19. The molecular weight excluding hydrogens is 274 g/mol. The van der Waals surface area contributed by atoms with Crippen LogP contribution in [0.4, 0.5) is 0 Å². The van der Waals surface area contributed by atoms with Gasteiger partial charge >= 0.3 is 0 Å². The summed E-state index contributed by atoms with van der Waals surface area (Å²) in [6.45, 7) is 8.38. The first-order valence-electron chi connectivity index (χ1n) is 8.32. The summed E-state index contributed by atoms with van der Waals surface area (Å²) in [6, 6.07) is 8.52. The number of carbonyl (C=O) groups excluding carboxylic acids is 1. The number of benzene rings is 1. The lowest BCUT2D eigenvalue weighted by Crippen LogP contribution is -2.48. The molecule has 3 rings (SSSR count). The summed E-state index contributed by atoms with van der Waals surface area (Å²) >= 11 is 0. The molecule has 4 heteroatoms. The van der Waals surface area contributed by atoms with Crippen molar-refractivity contribution < 1.29 is 4.79 Å². The van der Waals surface area contributed by atoms with Gasteiger partial charge in [-0.15, -0.1) is 0 Å². The summed E-state index contributed by atoms with van der Waals surface area (Å²) in [6.07, 6.45) is 2.05. The molecule has 0 saturated carbocycles. The van der Waals surface area contributed by atoms with Crippen molar-refractivity contribution in [2.45, 2.75) is 39.3 Å². The van der Waals surface area contributed by atoms with Gasteiger partial charge in [0.1, 0.15) is 0 Å². The molecule has 0 bridgehead atoms. The molecule has 1 aromatic rings. The zero-order chi connectivity index (χ0) is 15.7. The molecule has 1 amide bonds. The smallest absolute Gasteiger partial charge is 0.239 e. The molecule has 4 nitrogen and oxygen atoms in total. The summed E-state index contributed by atoms with van der Waals surface area (Å²) in [5.41, 5.74) is 8.74. The van der Waals surface area contributed by atoms with E-state index >= 15 is 0 Å². The molecule has 0 aromatic heterocycles. The third kappa shape index (κ3) is 2.90. The van der Waals surface area contributed by atoms with Crippen molar-refractivity contribution in [1.82, 2.24) is 9.80 Å². The van der Waals surface area contributed by atoms with E-state index in [2.05, 4.69) is 36.1 Å². The van der Waals surface area contributed by atoms with E-state index in [-0.39, 0.29) is 17.4 Å². The van der Waals surface area contributed by atoms with Crippen LogP contribution in [-0.4, -0.2) is 47.9 Å². The van der Waals surface area contributed by atoms with Crippen LogP contribution in [0.5, 0.6) is 0 Å². The lowest BCUT2D eigenvalue weighted by Gasteiger charge is -2.35. The maximum absolute atomic E-state index is 12.8. The third-order valence-electron chi connectivity index (χ3n) is 5.43. The van der Waals surface area contributed by atoms with Crippen LogP contribution < -0.4 is 5.73 Å². The van der Waals surface area contributed by atoms with Crippen LogP contribution in [-0.2, 0) is 17.8 Å². The van der Waals surface area contributed by atoms with Crippen LogP contribution in [0, 0.1) is 5.41 Å². The Balaban J connectivity index is 1.65. The number of carbonyl (C=O) groups is 1. The SMILES string of the molecule is CC(C(=O)N1CCC(C)(CN)C1)N1CCc2ccccc2C1. The number of fused-ring (bicyclic) bond motifs is 1. The van der Waals surface area contributed by atoms with Crippen molar-refractivity contribution in [1.29, 1.82) is 0 Å². The lowest BCUT2D eigenvalue weighted by molar-refractivity contribution is -0.136. The minimum atomic E-state index is -0.0477. The van der Waals surface area contributed by atoms with Gasteiger partial charge in [0.25, 0.3) is 0 Å². The Kier molecular flexibility index (Phi) is 4.24. The molecule has 1 aromatic carbocycles. The van der Waals surface area contributed by atoms with Crippen LogP contribution in [0.2, 0.25) is 0 Å². The largest absolute Gasteiger partial charge is 0.341 e. The van der Waals surface area contributed by atoms with Crippen molar-refractivity contribution in [2.24, 2.45) is 11.1 Å². The van der Waals surface area contributed by atoms with Crippen molar-refractivity contribution in [2.75, 3.05) is 26.2 Å². The summed E-state index contributed by atoms with van der Waals surface area (Å²) < 4.78 is 0. The molecule has 1 fully saturated rings. The first kappa shape index (κ1) is 15.5. The number of rotatable bonds is 3. The molecule has 0 radical (unpaired) electrons. The molecule has 2 aliphatic heterocycles. The van der Waals surface area contributed by atoms with Crippen LogP contribution >= 0.6 is 0 Å². The Labute approximate surface area is 133 Å². The molecule has 2 N–H and O–H groups in total. The monoisotopic (exact) mass is 301 g/mol. The quantitative estimate of drug-likeness (QED) is 0.923. The number of hydrogen-bond donors (Lipinski definition) is 1. The fraction of sp³-hybridized carbons (Fsp3) is 0.611. The molecule has 2 heterocycles. The topological polar surface area (TPSA) is 49.6 Å². The predicted octanol–water partition coefficient (Wildman–Crippen LogP) is 1.63. The molecular formula is C18H27N3O. The minimum Gasteiger partial charge on any atom is -0.341 e. The number of nitrogens with zero attached hydrogens (tertiary/aromatic N) is 2. The minimum absolute atomic E-state index is 0.0477. The molecule has 1 saturated heterocycles. The van der Waals surface area contributed by atoms with E-state index in [4.69, 9.17) is 5.73 Å². The Morgan fingerprint density at radius 3 is 2.73 bits per heavy atom. The Morgan fingerprint density at radius 1 is 1.32 bits per heavy atom. The molecule has 2 aliphatic rings. The van der Waals surface area contributed by atoms with Gasteiger partial charge in [0.2, 0.25) is 5.91 Å². The van der Waals surface area contributed by atoms with E-state index in [9.17, 15) is 4.79 Å². The van der Waals surface area contributed by atoms with Crippen molar-refractivity contribution in [3.8, 4) is 0 Å². The standard InChI is InChI=1S/C18H27N3O/c1-14(17(22)21-10-8-18(2,12-19)13-21)20-9-7-15-5-3-4-6-16(15)11-20/h3-6,14H,7-13,19H2,1-2H3. The van der Waals surface area contributed by atoms with Crippen LogP contribution in [0.15, 0.2) is 24.3 Å². The average Bonchev–Trinajstić information content (AvgIpc) is 2.96. The Morgan fingerprint density at radius 2 is 2.05 bits per heavy atom. The highest BCUT2D eigenvalue weighted by molar-refractivity contribution is 5.81. The van der Waals surface area contributed by atoms with E-state index in [0.29, 0.717) is 6.54 Å². The Bertz CT molecular complexity index is 559. The number of amides is 1. The van der Waals surface area contributed by atoms with Gasteiger partial charge in [-0.1, -0.05) is 31.2 Å². The van der Waals surface area contributed by atoms with Crippen molar-refractivity contribution in [3.63, 3.8) is 0 Å². The van der Waals surface area contributed by atoms with Crippen molar-refractivity contribution >= 4 is 5.91 Å². The maximum atomic E-state index is 12.8. The molecule has 0 spiro atoms. The van der Waals surface area contributed by atoms with Gasteiger partial charge in [0.05, 0.1) is 6.04 Å². The van der Waals surface area contributed by atoms with Gasteiger partial charge < -0.3 is 10.6 Å². The summed E-state index contributed by atoms with van der Waals surface area (Å²) in [7, 11) is 0. The molecule has 0 aliphatic carbocycles. The van der Waals surface area contributed by atoms with Gasteiger partial charge in [-0.25, -0.2) is 0 Å². The van der Waals surface area contributed by atoms with Crippen molar-refractivity contribution in [3.05, 3.63) is 35.4 Å². The molecule has 2 unspecified atom stereocenters. The highest BCUT2D eigenvalue weighted by Gasteiger charge is 2.37. The second kappa shape index (κ2) is 6.01. The second-order valence-electron chi connectivity index (χ2n) is 7.19. The fourth-order valence-electron chi connectivity index (χ4n) is 3.65. The van der Waals surface area contributed by atoms with E-state index in [1.165, 1.54) is 11.1 Å². The van der Waals surface area contributed by atoms with Crippen LogP contribution in [0.3, 0.4) is 0 Å². The van der Waals surface area contributed by atoms with Gasteiger partial charge in [-0.05, 0) is 42.9 Å².